The Morgan fingerprint density at radius 3 is 2.70 bits per heavy atom. The van der Waals surface area contributed by atoms with Crippen molar-refractivity contribution in [3.05, 3.63) is 71.7 Å². The number of H-pyrrole nitrogens is 1. The van der Waals surface area contributed by atoms with Crippen molar-refractivity contribution in [3.8, 4) is 11.3 Å². The third-order valence-corrected chi connectivity index (χ3v) is 4.90. The van der Waals surface area contributed by atoms with Crippen LogP contribution >= 0.6 is 11.3 Å². The fraction of sp³-hybridized carbons (Fsp3) is 0.105. The topological polar surface area (TPSA) is 31.9 Å². The lowest BCUT2D eigenvalue weighted by Crippen LogP contribution is -2.15. The van der Waals surface area contributed by atoms with Gasteiger partial charge in [-0.2, -0.15) is 0 Å². The van der Waals surface area contributed by atoms with Gasteiger partial charge in [0, 0.05) is 41.6 Å². The van der Waals surface area contributed by atoms with Gasteiger partial charge in [0.2, 0.25) is 0 Å². The molecule has 4 aromatic rings. The van der Waals surface area contributed by atoms with Crippen molar-refractivity contribution in [1.82, 2.24) is 9.97 Å². The minimum Gasteiger partial charge on any atom is -0.360 e. The number of rotatable bonds is 4. The van der Waals surface area contributed by atoms with Gasteiger partial charge >= 0.3 is 0 Å². The van der Waals surface area contributed by atoms with Crippen LogP contribution in [0.4, 0.5) is 5.13 Å². The zero-order chi connectivity index (χ0) is 15.6. The molecule has 0 aliphatic rings. The Balaban J connectivity index is 1.61. The Bertz CT molecular complexity index is 924. The Kier molecular flexibility index (Phi) is 3.60. The van der Waals surface area contributed by atoms with Crippen molar-refractivity contribution < 1.29 is 0 Å². The van der Waals surface area contributed by atoms with Crippen LogP contribution in [0, 0.1) is 0 Å². The van der Waals surface area contributed by atoms with Gasteiger partial charge < -0.3 is 9.88 Å². The van der Waals surface area contributed by atoms with E-state index in [4.69, 9.17) is 4.98 Å². The molecule has 0 aliphatic heterocycles. The van der Waals surface area contributed by atoms with Gasteiger partial charge in [-0.1, -0.05) is 48.5 Å². The molecule has 0 radical (unpaired) electrons. The summed E-state index contributed by atoms with van der Waals surface area (Å²) in [5.74, 6) is 0. The van der Waals surface area contributed by atoms with Crippen LogP contribution in [0.15, 0.2) is 66.2 Å². The van der Waals surface area contributed by atoms with Gasteiger partial charge in [0.05, 0.1) is 5.69 Å². The maximum atomic E-state index is 4.82. The molecule has 23 heavy (non-hydrogen) atoms. The normalized spacial score (nSPS) is 11.0. The predicted molar refractivity (Wildman–Crippen MR) is 98.0 cm³/mol. The molecule has 0 saturated carbocycles. The number of aromatic amines is 1. The summed E-state index contributed by atoms with van der Waals surface area (Å²) in [5, 5.41) is 4.39. The van der Waals surface area contributed by atoms with Gasteiger partial charge in [-0.15, -0.1) is 11.3 Å². The van der Waals surface area contributed by atoms with E-state index in [0.717, 1.165) is 28.5 Å². The third-order valence-electron chi connectivity index (χ3n) is 3.95. The predicted octanol–water partition coefficient (Wildman–Crippen LogP) is 4.93. The van der Waals surface area contributed by atoms with E-state index in [1.807, 2.05) is 18.3 Å². The summed E-state index contributed by atoms with van der Waals surface area (Å²) < 4.78 is 0. The van der Waals surface area contributed by atoms with Crippen LogP contribution in [-0.4, -0.2) is 17.0 Å². The van der Waals surface area contributed by atoms with E-state index in [0.29, 0.717) is 0 Å². The molecule has 4 rings (SSSR count). The number of hydrogen-bond acceptors (Lipinski definition) is 3. The quantitative estimate of drug-likeness (QED) is 0.578. The molecule has 4 heteroatoms. The molecule has 0 fully saturated rings. The first-order valence-electron chi connectivity index (χ1n) is 7.58. The van der Waals surface area contributed by atoms with E-state index < -0.39 is 0 Å². The lowest BCUT2D eigenvalue weighted by molar-refractivity contribution is 0.915. The standard InChI is InChI=1S/C19H17N3S/c1-22(12-14-7-3-2-4-8-14)19-21-18(13-23-19)16-11-20-17-10-6-5-9-15(16)17/h2-11,13,20H,12H2,1H3. The molecule has 1 N–H and O–H groups in total. The zero-order valence-electron chi connectivity index (χ0n) is 12.9. The summed E-state index contributed by atoms with van der Waals surface area (Å²) >= 11 is 1.68. The number of para-hydroxylation sites is 1. The van der Waals surface area contributed by atoms with Crippen LogP contribution in [0.1, 0.15) is 5.56 Å². The number of hydrogen-bond donors (Lipinski definition) is 1. The number of aromatic nitrogens is 2. The van der Waals surface area contributed by atoms with Crippen molar-refractivity contribution in [2.75, 3.05) is 11.9 Å². The Morgan fingerprint density at radius 2 is 1.83 bits per heavy atom. The second-order valence-corrected chi connectivity index (χ2v) is 6.44. The van der Waals surface area contributed by atoms with Gasteiger partial charge in [-0.05, 0) is 11.6 Å². The van der Waals surface area contributed by atoms with Crippen molar-refractivity contribution in [2.45, 2.75) is 6.54 Å². The summed E-state index contributed by atoms with van der Waals surface area (Å²) in [6, 6.07) is 18.8. The highest BCUT2D eigenvalue weighted by molar-refractivity contribution is 7.14. The maximum absolute atomic E-state index is 4.82. The Labute approximate surface area is 139 Å². The number of nitrogens with zero attached hydrogens (tertiary/aromatic N) is 2. The van der Waals surface area contributed by atoms with Crippen LogP contribution in [-0.2, 0) is 6.54 Å². The second kappa shape index (κ2) is 5.89. The molecule has 0 saturated heterocycles. The molecule has 2 heterocycles. The SMILES string of the molecule is CN(Cc1ccccc1)c1nc(-c2c[nH]c3ccccc23)cs1. The minimum atomic E-state index is 0.863. The molecular weight excluding hydrogens is 302 g/mol. The average Bonchev–Trinajstić information content (AvgIpc) is 3.22. The van der Waals surface area contributed by atoms with E-state index in [1.165, 1.54) is 10.9 Å². The van der Waals surface area contributed by atoms with Gasteiger partial charge in [0.15, 0.2) is 5.13 Å². The average molecular weight is 319 g/mol. The lowest BCUT2D eigenvalue weighted by atomic mass is 10.1. The largest absolute Gasteiger partial charge is 0.360 e. The van der Waals surface area contributed by atoms with Gasteiger partial charge in [-0.3, -0.25) is 0 Å². The van der Waals surface area contributed by atoms with E-state index in [-0.39, 0.29) is 0 Å². The van der Waals surface area contributed by atoms with E-state index in [9.17, 15) is 0 Å². The number of nitrogens with one attached hydrogen (secondary N) is 1. The Morgan fingerprint density at radius 1 is 1.04 bits per heavy atom. The summed E-state index contributed by atoms with van der Waals surface area (Å²) in [6.45, 7) is 0.863. The van der Waals surface area contributed by atoms with Crippen molar-refractivity contribution in [1.29, 1.82) is 0 Å². The van der Waals surface area contributed by atoms with Crippen molar-refractivity contribution in [2.24, 2.45) is 0 Å². The number of benzene rings is 2. The van der Waals surface area contributed by atoms with Crippen molar-refractivity contribution in [3.63, 3.8) is 0 Å². The summed E-state index contributed by atoms with van der Waals surface area (Å²) in [5.41, 5.74) is 4.63. The lowest BCUT2D eigenvalue weighted by Gasteiger charge is -2.15. The molecule has 3 nitrogen and oxygen atoms in total. The van der Waals surface area contributed by atoms with Gasteiger partial charge in [0.1, 0.15) is 0 Å². The zero-order valence-corrected chi connectivity index (χ0v) is 13.7. The monoisotopic (exact) mass is 319 g/mol. The number of anilines is 1. The fourth-order valence-electron chi connectivity index (χ4n) is 2.77. The highest BCUT2D eigenvalue weighted by Gasteiger charge is 2.12. The molecule has 0 unspecified atom stereocenters. The molecule has 0 spiro atoms. The Hall–Kier alpha value is -2.59. The molecule has 2 aromatic heterocycles. The summed E-state index contributed by atoms with van der Waals surface area (Å²) in [4.78, 5) is 10.3. The van der Waals surface area contributed by atoms with E-state index in [1.54, 1.807) is 11.3 Å². The van der Waals surface area contributed by atoms with Gasteiger partial charge in [-0.25, -0.2) is 4.98 Å². The van der Waals surface area contributed by atoms with Crippen LogP contribution in [0.25, 0.3) is 22.2 Å². The molecule has 2 aromatic carbocycles. The third kappa shape index (κ3) is 2.73. The van der Waals surface area contributed by atoms with Crippen molar-refractivity contribution >= 4 is 27.4 Å². The smallest absolute Gasteiger partial charge is 0.185 e. The van der Waals surface area contributed by atoms with E-state index in [2.05, 4.69) is 64.8 Å². The maximum Gasteiger partial charge on any atom is 0.185 e. The van der Waals surface area contributed by atoms with Crippen LogP contribution in [0.3, 0.4) is 0 Å². The number of fused-ring (bicyclic) bond motifs is 1. The molecular formula is C19H17N3S. The molecule has 114 valence electrons. The van der Waals surface area contributed by atoms with Crippen LogP contribution in [0.5, 0.6) is 0 Å². The second-order valence-electron chi connectivity index (χ2n) is 5.60. The molecule has 0 aliphatic carbocycles. The van der Waals surface area contributed by atoms with E-state index >= 15 is 0 Å². The van der Waals surface area contributed by atoms with Crippen LogP contribution < -0.4 is 4.90 Å². The first-order valence-corrected chi connectivity index (χ1v) is 8.46. The summed E-state index contributed by atoms with van der Waals surface area (Å²) in [7, 11) is 2.09. The number of thiazole rings is 1. The van der Waals surface area contributed by atoms with Gasteiger partial charge in [0.25, 0.3) is 0 Å². The highest BCUT2D eigenvalue weighted by Crippen LogP contribution is 2.32. The fourth-order valence-corrected chi connectivity index (χ4v) is 3.56. The van der Waals surface area contributed by atoms with Crippen LogP contribution in [0.2, 0.25) is 0 Å². The minimum absolute atomic E-state index is 0.863. The molecule has 0 amide bonds. The first kappa shape index (κ1) is 14.0. The molecule has 0 bridgehead atoms. The summed E-state index contributed by atoms with van der Waals surface area (Å²) in [6.07, 6.45) is 2.04. The highest BCUT2D eigenvalue weighted by atomic mass is 32.1. The first-order chi connectivity index (χ1) is 11.3. The molecule has 0 atom stereocenters.